The van der Waals surface area contributed by atoms with Crippen molar-refractivity contribution in [1.29, 1.82) is 0 Å². The van der Waals surface area contributed by atoms with E-state index >= 15 is 0 Å². The van der Waals surface area contributed by atoms with Gasteiger partial charge in [0.05, 0.1) is 13.2 Å². The first kappa shape index (κ1) is 22.0. The van der Waals surface area contributed by atoms with E-state index in [1.165, 1.54) is 29.7 Å². The average molecular weight is 398 g/mol. The van der Waals surface area contributed by atoms with Crippen molar-refractivity contribution in [1.82, 2.24) is 15.5 Å². The van der Waals surface area contributed by atoms with Crippen LogP contribution < -0.4 is 15.4 Å². The van der Waals surface area contributed by atoms with Gasteiger partial charge < -0.3 is 25.0 Å². The fraction of sp³-hybridized carbons (Fsp3) is 0.650. The van der Waals surface area contributed by atoms with Crippen molar-refractivity contribution in [2.45, 2.75) is 37.9 Å². The fourth-order valence-corrected chi connectivity index (χ4v) is 3.85. The number of hydrogen-bond acceptors (Lipinski definition) is 5. The minimum atomic E-state index is -0.0375. The highest BCUT2D eigenvalue weighted by atomic mass is 35.5. The van der Waals surface area contributed by atoms with E-state index in [0.717, 1.165) is 32.1 Å². The molecule has 1 aromatic carbocycles. The van der Waals surface area contributed by atoms with Gasteiger partial charge in [0, 0.05) is 39.3 Å². The molecule has 2 N–H and O–H groups in total. The lowest BCUT2D eigenvalue weighted by Gasteiger charge is -2.33. The minimum Gasteiger partial charge on any atom is -0.484 e. The van der Waals surface area contributed by atoms with Crippen molar-refractivity contribution in [3.05, 3.63) is 29.8 Å². The number of rotatable bonds is 7. The Kier molecular flexibility index (Phi) is 8.83. The third-order valence-corrected chi connectivity index (χ3v) is 5.36. The summed E-state index contributed by atoms with van der Waals surface area (Å²) in [6, 6.07) is 8.98. The highest BCUT2D eigenvalue weighted by Crippen LogP contribution is 2.29. The van der Waals surface area contributed by atoms with Crippen LogP contribution in [0.4, 0.5) is 0 Å². The number of nitrogens with one attached hydrogen (secondary N) is 2. The topological polar surface area (TPSA) is 62.8 Å². The Balaban J connectivity index is 0.00000261. The molecule has 6 nitrogen and oxygen atoms in total. The SMILES string of the molecule is CN(C)C(=O)COc1cccc(CNC2CCCC2C2COCCN2)c1.Cl. The first-order valence-electron chi connectivity index (χ1n) is 9.60. The van der Waals surface area contributed by atoms with E-state index in [2.05, 4.69) is 16.7 Å². The first-order valence-corrected chi connectivity index (χ1v) is 9.60. The van der Waals surface area contributed by atoms with Crippen molar-refractivity contribution >= 4 is 18.3 Å². The van der Waals surface area contributed by atoms with Crippen LogP contribution in [-0.4, -0.2) is 63.4 Å². The number of morpholine rings is 1. The standard InChI is InChI=1S/C20H31N3O3.ClH/c1-23(2)20(24)14-26-16-6-3-5-15(11-16)12-22-18-8-4-7-17(18)19-13-25-10-9-21-19;/h3,5-6,11,17-19,21-22H,4,7-10,12-14H2,1-2H3;1H. The summed E-state index contributed by atoms with van der Waals surface area (Å²) in [4.78, 5) is 13.2. The van der Waals surface area contributed by atoms with Gasteiger partial charge in [-0.05, 0) is 36.5 Å². The quantitative estimate of drug-likeness (QED) is 0.734. The number of ether oxygens (including phenoxy) is 2. The zero-order valence-electron chi connectivity index (χ0n) is 16.3. The number of carbonyl (C=O) groups excluding carboxylic acids is 1. The molecule has 0 aromatic heterocycles. The van der Waals surface area contributed by atoms with Crippen LogP contribution in [0, 0.1) is 5.92 Å². The molecule has 2 aliphatic rings. The van der Waals surface area contributed by atoms with Crippen LogP contribution in [0.1, 0.15) is 24.8 Å². The smallest absolute Gasteiger partial charge is 0.259 e. The van der Waals surface area contributed by atoms with E-state index in [-0.39, 0.29) is 24.9 Å². The van der Waals surface area contributed by atoms with E-state index in [1.807, 2.05) is 18.2 Å². The number of benzene rings is 1. The molecule has 1 aromatic rings. The van der Waals surface area contributed by atoms with Crippen LogP contribution in [0.25, 0.3) is 0 Å². The van der Waals surface area contributed by atoms with Crippen LogP contribution in [0.3, 0.4) is 0 Å². The Bertz CT molecular complexity index is 594. The van der Waals surface area contributed by atoms with Crippen molar-refractivity contribution in [2.24, 2.45) is 5.92 Å². The van der Waals surface area contributed by atoms with Gasteiger partial charge in [0.1, 0.15) is 5.75 Å². The molecule has 1 amide bonds. The summed E-state index contributed by atoms with van der Waals surface area (Å²) in [7, 11) is 3.46. The zero-order valence-corrected chi connectivity index (χ0v) is 17.1. The Morgan fingerprint density at radius 3 is 2.96 bits per heavy atom. The van der Waals surface area contributed by atoms with Gasteiger partial charge >= 0.3 is 0 Å². The number of hydrogen-bond donors (Lipinski definition) is 2. The van der Waals surface area contributed by atoms with Gasteiger partial charge in [0.25, 0.3) is 5.91 Å². The number of carbonyl (C=O) groups is 1. The second kappa shape index (κ2) is 10.9. The lowest BCUT2D eigenvalue weighted by molar-refractivity contribution is -0.130. The molecule has 1 aliphatic carbocycles. The largest absolute Gasteiger partial charge is 0.484 e. The van der Waals surface area contributed by atoms with E-state index in [9.17, 15) is 4.79 Å². The van der Waals surface area contributed by atoms with Gasteiger partial charge in [-0.2, -0.15) is 0 Å². The molecule has 2 fully saturated rings. The molecule has 3 rings (SSSR count). The average Bonchev–Trinajstić information content (AvgIpc) is 3.14. The molecule has 1 saturated heterocycles. The minimum absolute atomic E-state index is 0. The van der Waals surface area contributed by atoms with E-state index in [4.69, 9.17) is 9.47 Å². The second-order valence-electron chi connectivity index (χ2n) is 7.44. The van der Waals surface area contributed by atoms with Crippen molar-refractivity contribution < 1.29 is 14.3 Å². The van der Waals surface area contributed by atoms with Gasteiger partial charge in [-0.25, -0.2) is 0 Å². The summed E-state index contributed by atoms with van der Waals surface area (Å²) < 4.78 is 11.3. The molecule has 3 atom stereocenters. The summed E-state index contributed by atoms with van der Waals surface area (Å²) in [5, 5.41) is 7.34. The van der Waals surface area contributed by atoms with Gasteiger partial charge in [0.2, 0.25) is 0 Å². The maximum atomic E-state index is 11.7. The third kappa shape index (κ3) is 6.35. The van der Waals surface area contributed by atoms with Gasteiger partial charge in [-0.1, -0.05) is 18.6 Å². The molecular weight excluding hydrogens is 366 g/mol. The molecule has 1 heterocycles. The zero-order chi connectivity index (χ0) is 18.4. The Morgan fingerprint density at radius 1 is 1.37 bits per heavy atom. The summed E-state index contributed by atoms with van der Waals surface area (Å²) in [6.45, 7) is 3.49. The van der Waals surface area contributed by atoms with E-state index < -0.39 is 0 Å². The molecule has 27 heavy (non-hydrogen) atoms. The van der Waals surface area contributed by atoms with Crippen molar-refractivity contribution in [2.75, 3.05) is 40.5 Å². The number of halogens is 1. The molecular formula is C20H32ClN3O3. The van der Waals surface area contributed by atoms with E-state index in [0.29, 0.717) is 18.0 Å². The van der Waals surface area contributed by atoms with Crippen LogP contribution in [0.5, 0.6) is 5.75 Å². The maximum absolute atomic E-state index is 11.7. The molecule has 0 spiro atoms. The normalized spacial score (nSPS) is 24.9. The number of nitrogens with zero attached hydrogens (tertiary/aromatic N) is 1. The second-order valence-corrected chi connectivity index (χ2v) is 7.44. The highest BCUT2D eigenvalue weighted by molar-refractivity contribution is 5.85. The molecule has 1 saturated carbocycles. The lowest BCUT2D eigenvalue weighted by atomic mass is 9.94. The van der Waals surface area contributed by atoms with Crippen molar-refractivity contribution in [3.8, 4) is 5.75 Å². The first-order chi connectivity index (χ1) is 12.6. The Hall–Kier alpha value is -1.34. The van der Waals surface area contributed by atoms with Gasteiger partial charge in [0.15, 0.2) is 6.61 Å². The summed E-state index contributed by atoms with van der Waals surface area (Å²) in [5.74, 6) is 1.33. The van der Waals surface area contributed by atoms with Crippen molar-refractivity contribution in [3.63, 3.8) is 0 Å². The molecule has 1 aliphatic heterocycles. The third-order valence-electron chi connectivity index (χ3n) is 5.36. The summed E-state index contributed by atoms with van der Waals surface area (Å²) in [5.41, 5.74) is 1.18. The fourth-order valence-electron chi connectivity index (χ4n) is 3.85. The van der Waals surface area contributed by atoms with Crippen LogP contribution in [0.2, 0.25) is 0 Å². The predicted octanol–water partition coefficient (Wildman–Crippen LogP) is 1.82. The Morgan fingerprint density at radius 2 is 2.22 bits per heavy atom. The van der Waals surface area contributed by atoms with E-state index in [1.54, 1.807) is 14.1 Å². The summed E-state index contributed by atoms with van der Waals surface area (Å²) in [6.07, 6.45) is 3.75. The van der Waals surface area contributed by atoms with Crippen LogP contribution >= 0.6 is 12.4 Å². The Labute approximate surface area is 168 Å². The highest BCUT2D eigenvalue weighted by Gasteiger charge is 2.34. The number of amides is 1. The lowest BCUT2D eigenvalue weighted by Crippen LogP contribution is -2.50. The predicted molar refractivity (Wildman–Crippen MR) is 108 cm³/mol. The van der Waals surface area contributed by atoms with Crippen LogP contribution in [-0.2, 0) is 16.1 Å². The molecule has 0 radical (unpaired) electrons. The monoisotopic (exact) mass is 397 g/mol. The summed E-state index contributed by atoms with van der Waals surface area (Å²) >= 11 is 0. The molecule has 7 heteroatoms. The molecule has 0 bridgehead atoms. The molecule has 152 valence electrons. The van der Waals surface area contributed by atoms with Gasteiger partial charge in [-0.15, -0.1) is 12.4 Å². The van der Waals surface area contributed by atoms with Gasteiger partial charge in [-0.3, -0.25) is 4.79 Å². The van der Waals surface area contributed by atoms with Crippen LogP contribution in [0.15, 0.2) is 24.3 Å². The number of likely N-dealkylation sites (N-methyl/N-ethyl adjacent to an activating group) is 1. The maximum Gasteiger partial charge on any atom is 0.259 e. The molecule has 3 unspecified atom stereocenters.